The minimum Gasteiger partial charge on any atom is -0.566 e. The SMILES string of the molecule is C[Si](C)(C)CCOC(=O)N1CCCc2cn([C@@H]3O[C@H](CO)[C@@H](O[P+](=O)[O-])[C@H]3F)c3ncnc1c23. The van der Waals surface area contributed by atoms with Crippen molar-refractivity contribution in [3.63, 3.8) is 0 Å². The lowest BCUT2D eigenvalue weighted by molar-refractivity contribution is -0.192. The van der Waals surface area contributed by atoms with Crippen molar-refractivity contribution in [1.82, 2.24) is 14.5 Å². The van der Waals surface area contributed by atoms with Gasteiger partial charge in [-0.3, -0.25) is 4.90 Å². The molecule has 1 N–H and O–H groups in total. The van der Waals surface area contributed by atoms with E-state index >= 15 is 4.39 Å². The fraction of sp³-hybridized carbons (Fsp3) is 0.650. The third-order valence-electron chi connectivity index (χ3n) is 5.98. The molecule has 2 aromatic heterocycles. The number of rotatable bonds is 7. The average molecular weight is 515 g/mol. The molecule has 2 aliphatic rings. The van der Waals surface area contributed by atoms with Crippen LogP contribution in [0.15, 0.2) is 12.5 Å². The number of amides is 1. The van der Waals surface area contributed by atoms with Crippen molar-refractivity contribution < 1.29 is 37.7 Å². The van der Waals surface area contributed by atoms with Gasteiger partial charge in [0.15, 0.2) is 24.3 Å². The second-order valence-corrected chi connectivity index (χ2v) is 15.9. The highest BCUT2D eigenvalue weighted by Crippen LogP contribution is 2.41. The number of aromatic nitrogens is 3. The van der Waals surface area contributed by atoms with Crippen LogP contribution in [-0.4, -0.2) is 71.9 Å². The number of alkyl halides is 1. The van der Waals surface area contributed by atoms with E-state index in [1.807, 2.05) is 0 Å². The van der Waals surface area contributed by atoms with E-state index in [0.717, 1.165) is 11.6 Å². The van der Waals surface area contributed by atoms with Gasteiger partial charge in [-0.05, 0) is 29.0 Å². The molecule has 0 aromatic carbocycles. The molecule has 2 aromatic rings. The van der Waals surface area contributed by atoms with Gasteiger partial charge in [0.25, 0.3) is 0 Å². The Morgan fingerprint density at radius 3 is 2.85 bits per heavy atom. The van der Waals surface area contributed by atoms with Gasteiger partial charge in [0.2, 0.25) is 0 Å². The highest BCUT2D eigenvalue weighted by Gasteiger charge is 2.50. The molecule has 186 valence electrons. The largest absolute Gasteiger partial charge is 0.566 e. The van der Waals surface area contributed by atoms with Gasteiger partial charge in [-0.1, -0.05) is 19.6 Å². The maximum Gasteiger partial charge on any atom is 0.488 e. The fourth-order valence-corrected chi connectivity index (χ4v) is 5.42. The van der Waals surface area contributed by atoms with Crippen molar-refractivity contribution in [2.24, 2.45) is 0 Å². The van der Waals surface area contributed by atoms with Crippen LogP contribution in [0.3, 0.4) is 0 Å². The first kappa shape index (κ1) is 25.1. The number of hydrogen-bond donors (Lipinski definition) is 1. The number of aliphatic hydroxyl groups excluding tert-OH is 1. The summed E-state index contributed by atoms with van der Waals surface area (Å²) in [4.78, 5) is 34.0. The maximum atomic E-state index is 15.2. The summed E-state index contributed by atoms with van der Waals surface area (Å²) in [7, 11) is -4.71. The minimum absolute atomic E-state index is 0.332. The number of halogens is 1. The van der Waals surface area contributed by atoms with E-state index in [4.69, 9.17) is 9.47 Å². The van der Waals surface area contributed by atoms with Crippen molar-refractivity contribution in [3.8, 4) is 0 Å². The van der Waals surface area contributed by atoms with E-state index in [1.54, 1.807) is 6.20 Å². The highest BCUT2D eigenvalue weighted by atomic mass is 31.1. The van der Waals surface area contributed by atoms with Crippen LogP contribution < -0.4 is 9.79 Å². The average Bonchev–Trinajstić information content (AvgIpc) is 3.20. The monoisotopic (exact) mass is 514 g/mol. The van der Waals surface area contributed by atoms with Gasteiger partial charge in [-0.15, -0.1) is 4.52 Å². The van der Waals surface area contributed by atoms with Gasteiger partial charge in [0, 0.05) is 20.8 Å². The molecule has 0 radical (unpaired) electrons. The fourth-order valence-electron chi connectivity index (χ4n) is 4.26. The van der Waals surface area contributed by atoms with Crippen molar-refractivity contribution in [2.45, 2.75) is 63.1 Å². The summed E-state index contributed by atoms with van der Waals surface area (Å²) in [5, 5.41) is 10.1. The van der Waals surface area contributed by atoms with Gasteiger partial charge in [-0.2, -0.15) is 0 Å². The van der Waals surface area contributed by atoms with Crippen LogP contribution in [0.1, 0.15) is 18.2 Å². The lowest BCUT2D eigenvalue weighted by Crippen LogP contribution is -2.34. The van der Waals surface area contributed by atoms with Crippen LogP contribution in [0.5, 0.6) is 0 Å². The Kier molecular flexibility index (Phi) is 7.32. The molecule has 34 heavy (non-hydrogen) atoms. The molecular weight excluding hydrogens is 486 g/mol. The molecule has 1 amide bonds. The summed E-state index contributed by atoms with van der Waals surface area (Å²) in [6.45, 7) is 6.73. The first-order valence-electron chi connectivity index (χ1n) is 11.1. The molecule has 14 heteroatoms. The topological polar surface area (TPSA) is 139 Å². The molecule has 5 atom stereocenters. The number of carbonyl (C=O) groups excluding carboxylic acids is 1. The third-order valence-corrected chi connectivity index (χ3v) is 8.10. The Morgan fingerprint density at radius 1 is 1.41 bits per heavy atom. The molecular formula is C20H28FN4O7PSi. The normalized spacial score (nSPS) is 25.5. The van der Waals surface area contributed by atoms with E-state index in [-0.39, 0.29) is 0 Å². The van der Waals surface area contributed by atoms with Crippen LogP contribution >= 0.6 is 8.25 Å². The van der Waals surface area contributed by atoms with E-state index < -0.39 is 53.6 Å². The third kappa shape index (κ3) is 5.00. The molecule has 2 aliphatic heterocycles. The standard InChI is InChI=1S/C20H28FN4O7PSi/c1-34(2,3)8-7-30-20(27)24-6-4-5-12-9-25(18-14(12)17(24)22-11-23-18)19-15(21)16(32-33(28)29)13(10-26)31-19/h9,11,13,15-16,19,26H,4-8,10H2,1-3H3/t13-,15-,16-,19-/m1/s1. The van der Waals surface area contributed by atoms with Gasteiger partial charge >= 0.3 is 14.3 Å². The molecule has 0 aliphatic carbocycles. The zero-order valence-corrected chi connectivity index (χ0v) is 21.1. The molecule has 0 bridgehead atoms. The first-order valence-corrected chi connectivity index (χ1v) is 15.9. The van der Waals surface area contributed by atoms with E-state index in [0.29, 0.717) is 42.8 Å². The van der Waals surface area contributed by atoms with E-state index in [1.165, 1.54) is 15.8 Å². The second kappa shape index (κ2) is 9.92. The number of carbonyl (C=O) groups is 1. The summed E-state index contributed by atoms with van der Waals surface area (Å²) in [5.41, 5.74) is 1.14. The van der Waals surface area contributed by atoms with Crippen molar-refractivity contribution in [2.75, 3.05) is 24.7 Å². The highest BCUT2D eigenvalue weighted by molar-refractivity contribution is 7.30. The molecule has 1 saturated heterocycles. The Morgan fingerprint density at radius 2 is 2.18 bits per heavy atom. The molecule has 1 unspecified atom stereocenters. The number of ether oxygens (including phenoxy) is 2. The van der Waals surface area contributed by atoms with Crippen molar-refractivity contribution in [3.05, 3.63) is 18.1 Å². The zero-order valence-electron chi connectivity index (χ0n) is 19.2. The predicted molar refractivity (Wildman–Crippen MR) is 121 cm³/mol. The molecule has 0 saturated carbocycles. The van der Waals surface area contributed by atoms with Crippen LogP contribution in [0.4, 0.5) is 15.0 Å². The Hall–Kier alpha value is -2.02. The molecule has 1 fully saturated rings. The Balaban J connectivity index is 1.65. The number of nitrogens with zero attached hydrogens (tertiary/aromatic N) is 4. The summed E-state index contributed by atoms with van der Waals surface area (Å²) in [6, 6.07) is 0.842. The molecule has 4 heterocycles. The minimum atomic E-state index is -3.34. The smallest absolute Gasteiger partial charge is 0.488 e. The van der Waals surface area contributed by atoms with Gasteiger partial charge in [0.1, 0.15) is 18.1 Å². The number of aliphatic hydroxyl groups is 1. The van der Waals surface area contributed by atoms with Crippen LogP contribution in [0, 0.1) is 0 Å². The number of aryl methyl sites for hydroxylation is 1. The molecule has 0 spiro atoms. The van der Waals surface area contributed by atoms with Gasteiger partial charge in [0.05, 0.1) is 18.6 Å². The summed E-state index contributed by atoms with van der Waals surface area (Å²) < 4.78 is 43.5. The number of hydrogen-bond acceptors (Lipinski definition) is 9. The van der Waals surface area contributed by atoms with Crippen molar-refractivity contribution in [1.29, 1.82) is 0 Å². The lowest BCUT2D eigenvalue weighted by atomic mass is 10.1. The molecule has 11 nitrogen and oxygen atoms in total. The van der Waals surface area contributed by atoms with E-state index in [9.17, 15) is 19.4 Å². The number of anilines is 1. The quantitative estimate of drug-likeness (QED) is 0.435. The van der Waals surface area contributed by atoms with Crippen LogP contribution in [0.25, 0.3) is 11.0 Å². The maximum absolute atomic E-state index is 15.2. The summed E-state index contributed by atoms with van der Waals surface area (Å²) in [5.74, 6) is 0.372. The first-order chi connectivity index (χ1) is 16.1. The van der Waals surface area contributed by atoms with Crippen LogP contribution in [-0.2, 0) is 25.0 Å². The summed E-state index contributed by atoms with van der Waals surface area (Å²) in [6.07, 6.45) is -2.12. The molecule has 4 rings (SSSR count). The van der Waals surface area contributed by atoms with Gasteiger partial charge < -0.3 is 24.0 Å². The lowest BCUT2D eigenvalue weighted by Gasteiger charge is -2.22. The second-order valence-electron chi connectivity index (χ2n) is 9.62. The predicted octanol–water partition coefficient (Wildman–Crippen LogP) is 2.29. The Labute approximate surface area is 197 Å². The zero-order chi connectivity index (χ0) is 24.6. The summed E-state index contributed by atoms with van der Waals surface area (Å²) >= 11 is 0. The van der Waals surface area contributed by atoms with Crippen LogP contribution in [0.2, 0.25) is 25.7 Å². The Bertz CT molecular complexity index is 1080. The van der Waals surface area contributed by atoms with Gasteiger partial charge in [-0.25, -0.2) is 19.2 Å². The van der Waals surface area contributed by atoms with Crippen molar-refractivity contribution >= 4 is 39.3 Å². The van der Waals surface area contributed by atoms with E-state index in [2.05, 4.69) is 34.1 Å².